The molecule has 1 aliphatic heterocycles. The molecule has 0 bridgehead atoms. The molecule has 1 aliphatic rings. The van der Waals surface area contributed by atoms with Crippen molar-refractivity contribution in [3.63, 3.8) is 0 Å². The molecule has 2 aromatic rings. The quantitative estimate of drug-likeness (QED) is 0.921. The number of thiophene rings is 1. The van der Waals surface area contributed by atoms with Crippen molar-refractivity contribution in [3.8, 4) is 0 Å². The van der Waals surface area contributed by atoms with Crippen LogP contribution in [0.5, 0.6) is 0 Å². The number of hydrogen-bond acceptors (Lipinski definition) is 3. The number of carbonyl (C=O) groups is 1. The predicted octanol–water partition coefficient (Wildman–Crippen LogP) is 3.89. The summed E-state index contributed by atoms with van der Waals surface area (Å²) in [5.74, 6) is 0. The van der Waals surface area contributed by atoms with Crippen molar-refractivity contribution in [2.75, 3.05) is 13.1 Å². The Morgan fingerprint density at radius 2 is 2.18 bits per heavy atom. The SMILES string of the molecule is O=C(NCCc1ccc(Cl)s1)N1CCCC1c1ccncc1. The van der Waals surface area contributed by atoms with E-state index >= 15 is 0 Å². The highest BCUT2D eigenvalue weighted by atomic mass is 35.5. The van der Waals surface area contributed by atoms with E-state index in [-0.39, 0.29) is 12.1 Å². The minimum absolute atomic E-state index is 0.0157. The topological polar surface area (TPSA) is 45.2 Å². The van der Waals surface area contributed by atoms with E-state index in [1.165, 1.54) is 4.88 Å². The number of aromatic nitrogens is 1. The highest BCUT2D eigenvalue weighted by Crippen LogP contribution is 2.31. The lowest BCUT2D eigenvalue weighted by Gasteiger charge is -2.25. The third-order valence-electron chi connectivity index (χ3n) is 3.88. The molecule has 6 heteroatoms. The van der Waals surface area contributed by atoms with Crippen LogP contribution in [-0.4, -0.2) is 29.0 Å². The van der Waals surface area contributed by atoms with Crippen LogP contribution in [0, 0.1) is 0 Å². The first-order valence-corrected chi connectivity index (χ1v) is 8.62. The molecule has 2 aromatic heterocycles. The third-order valence-corrected chi connectivity index (χ3v) is 5.17. The summed E-state index contributed by atoms with van der Waals surface area (Å²) in [5.41, 5.74) is 1.16. The number of carbonyl (C=O) groups excluding carboxylic acids is 1. The lowest BCUT2D eigenvalue weighted by Crippen LogP contribution is -2.40. The minimum Gasteiger partial charge on any atom is -0.338 e. The van der Waals surface area contributed by atoms with Crippen molar-refractivity contribution in [3.05, 3.63) is 51.4 Å². The number of nitrogens with one attached hydrogen (secondary N) is 1. The molecule has 2 amide bonds. The summed E-state index contributed by atoms with van der Waals surface area (Å²) < 4.78 is 0.790. The largest absolute Gasteiger partial charge is 0.338 e. The van der Waals surface area contributed by atoms with Crippen LogP contribution >= 0.6 is 22.9 Å². The summed E-state index contributed by atoms with van der Waals surface area (Å²) in [7, 11) is 0. The maximum Gasteiger partial charge on any atom is 0.317 e. The molecular weight excluding hydrogens is 318 g/mol. The molecule has 1 unspecified atom stereocenters. The summed E-state index contributed by atoms with van der Waals surface area (Å²) in [4.78, 5) is 19.6. The fraction of sp³-hybridized carbons (Fsp3) is 0.375. The van der Waals surface area contributed by atoms with E-state index in [1.807, 2.05) is 29.2 Å². The van der Waals surface area contributed by atoms with Gasteiger partial charge in [-0.15, -0.1) is 11.3 Å². The molecule has 1 saturated heterocycles. The van der Waals surface area contributed by atoms with Crippen LogP contribution in [0.25, 0.3) is 0 Å². The average Bonchev–Trinajstić information content (AvgIpc) is 3.17. The normalized spacial score (nSPS) is 17.7. The molecule has 116 valence electrons. The fourth-order valence-corrected chi connectivity index (χ4v) is 3.91. The lowest BCUT2D eigenvalue weighted by molar-refractivity contribution is 0.193. The van der Waals surface area contributed by atoms with Gasteiger partial charge in [-0.2, -0.15) is 0 Å². The molecular formula is C16H18ClN3OS. The maximum absolute atomic E-state index is 12.4. The van der Waals surface area contributed by atoms with Crippen molar-refractivity contribution in [1.29, 1.82) is 0 Å². The van der Waals surface area contributed by atoms with Crippen LogP contribution in [-0.2, 0) is 6.42 Å². The Hall–Kier alpha value is -1.59. The van der Waals surface area contributed by atoms with Gasteiger partial charge in [0, 0.05) is 30.4 Å². The zero-order chi connectivity index (χ0) is 15.4. The summed E-state index contributed by atoms with van der Waals surface area (Å²) in [5, 5.41) is 3.02. The van der Waals surface area contributed by atoms with Gasteiger partial charge in [-0.25, -0.2) is 4.79 Å². The van der Waals surface area contributed by atoms with Gasteiger partial charge < -0.3 is 10.2 Å². The molecule has 0 saturated carbocycles. The molecule has 0 radical (unpaired) electrons. The number of rotatable bonds is 4. The van der Waals surface area contributed by atoms with E-state index in [2.05, 4.69) is 10.3 Å². The second-order valence-electron chi connectivity index (χ2n) is 5.32. The Labute approximate surface area is 139 Å². The van der Waals surface area contributed by atoms with Crippen molar-refractivity contribution < 1.29 is 4.79 Å². The molecule has 0 aromatic carbocycles. The molecule has 3 heterocycles. The first-order valence-electron chi connectivity index (χ1n) is 7.42. The Kier molecular flexibility index (Phi) is 4.95. The van der Waals surface area contributed by atoms with E-state index in [0.29, 0.717) is 6.54 Å². The van der Waals surface area contributed by atoms with Gasteiger partial charge in [-0.1, -0.05) is 11.6 Å². The fourth-order valence-electron chi connectivity index (χ4n) is 2.82. The molecule has 1 atom stereocenters. The number of amides is 2. The van der Waals surface area contributed by atoms with Crippen LogP contribution in [0.15, 0.2) is 36.7 Å². The average molecular weight is 336 g/mol. The monoisotopic (exact) mass is 335 g/mol. The van der Waals surface area contributed by atoms with Crippen LogP contribution in [0.2, 0.25) is 4.34 Å². The van der Waals surface area contributed by atoms with Gasteiger partial charge in [0.05, 0.1) is 10.4 Å². The van der Waals surface area contributed by atoms with Crippen molar-refractivity contribution >= 4 is 29.0 Å². The molecule has 4 nitrogen and oxygen atoms in total. The standard InChI is InChI=1S/C16H18ClN3OS/c17-15-4-3-13(22-15)7-10-19-16(21)20-11-1-2-14(20)12-5-8-18-9-6-12/h3-6,8-9,14H,1-2,7,10-11H2,(H,19,21). The van der Waals surface area contributed by atoms with E-state index in [0.717, 1.165) is 35.7 Å². The second kappa shape index (κ2) is 7.11. The van der Waals surface area contributed by atoms with Crippen LogP contribution in [0.3, 0.4) is 0 Å². The number of urea groups is 1. The number of halogens is 1. The summed E-state index contributed by atoms with van der Waals surface area (Å²) in [6.45, 7) is 1.44. The van der Waals surface area contributed by atoms with E-state index in [9.17, 15) is 4.79 Å². The van der Waals surface area contributed by atoms with Gasteiger partial charge in [0.25, 0.3) is 0 Å². The minimum atomic E-state index is 0.0157. The molecule has 0 aliphatic carbocycles. The summed E-state index contributed by atoms with van der Waals surface area (Å²) in [6, 6.07) is 8.06. The van der Waals surface area contributed by atoms with Crippen LogP contribution in [0.1, 0.15) is 29.3 Å². The van der Waals surface area contributed by atoms with Crippen molar-refractivity contribution in [2.24, 2.45) is 0 Å². The smallest absolute Gasteiger partial charge is 0.317 e. The van der Waals surface area contributed by atoms with Crippen molar-refractivity contribution in [2.45, 2.75) is 25.3 Å². The second-order valence-corrected chi connectivity index (χ2v) is 7.12. The third kappa shape index (κ3) is 3.59. The highest BCUT2D eigenvalue weighted by Gasteiger charge is 2.29. The summed E-state index contributed by atoms with van der Waals surface area (Å²) in [6.07, 6.45) is 6.43. The van der Waals surface area contributed by atoms with Crippen molar-refractivity contribution in [1.82, 2.24) is 15.2 Å². The Morgan fingerprint density at radius 3 is 2.91 bits per heavy atom. The highest BCUT2D eigenvalue weighted by molar-refractivity contribution is 7.16. The number of likely N-dealkylation sites (tertiary alicyclic amines) is 1. The van der Waals surface area contributed by atoms with Gasteiger partial charge in [0.15, 0.2) is 0 Å². The zero-order valence-electron chi connectivity index (χ0n) is 12.2. The van der Waals surface area contributed by atoms with Crippen LogP contribution in [0.4, 0.5) is 4.79 Å². The lowest BCUT2D eigenvalue weighted by atomic mass is 10.1. The van der Waals surface area contributed by atoms with E-state index in [1.54, 1.807) is 23.7 Å². The zero-order valence-corrected chi connectivity index (χ0v) is 13.7. The first-order chi connectivity index (χ1) is 10.7. The van der Waals surface area contributed by atoms with E-state index < -0.39 is 0 Å². The van der Waals surface area contributed by atoms with E-state index in [4.69, 9.17) is 11.6 Å². The summed E-state index contributed by atoms with van der Waals surface area (Å²) >= 11 is 7.47. The molecule has 3 rings (SSSR count). The molecule has 22 heavy (non-hydrogen) atoms. The number of nitrogens with zero attached hydrogens (tertiary/aromatic N) is 2. The Balaban J connectivity index is 1.55. The number of hydrogen-bond donors (Lipinski definition) is 1. The molecule has 1 fully saturated rings. The van der Waals surface area contributed by atoms with Gasteiger partial charge in [0.1, 0.15) is 0 Å². The molecule has 0 spiro atoms. The molecule has 1 N–H and O–H groups in total. The maximum atomic E-state index is 12.4. The Morgan fingerprint density at radius 1 is 1.36 bits per heavy atom. The number of pyridine rings is 1. The Bertz CT molecular complexity index is 631. The predicted molar refractivity (Wildman–Crippen MR) is 89.3 cm³/mol. The van der Waals surface area contributed by atoms with Gasteiger partial charge in [-0.3, -0.25) is 4.98 Å². The van der Waals surface area contributed by atoms with Gasteiger partial charge >= 0.3 is 6.03 Å². The van der Waals surface area contributed by atoms with Crippen LogP contribution < -0.4 is 5.32 Å². The van der Waals surface area contributed by atoms with Gasteiger partial charge in [0.2, 0.25) is 0 Å². The first kappa shape index (κ1) is 15.3. The van der Waals surface area contributed by atoms with Gasteiger partial charge in [-0.05, 0) is 49.1 Å².